The smallest absolute Gasteiger partial charge is 0.257 e. The maximum absolute atomic E-state index is 13.2. The lowest BCUT2D eigenvalue weighted by atomic mass is 10.0. The highest BCUT2D eigenvalue weighted by atomic mass is 16.2. The van der Waals surface area contributed by atoms with Gasteiger partial charge in [-0.05, 0) is 49.6 Å². The molecule has 3 aromatic rings. The van der Waals surface area contributed by atoms with Gasteiger partial charge in [0.1, 0.15) is 5.69 Å². The summed E-state index contributed by atoms with van der Waals surface area (Å²) in [4.78, 5) is 15.0. The molecule has 0 saturated carbocycles. The van der Waals surface area contributed by atoms with Crippen molar-refractivity contribution in [3.05, 3.63) is 71.4 Å². The summed E-state index contributed by atoms with van der Waals surface area (Å²) in [6, 6.07) is 16.1. The van der Waals surface area contributed by atoms with Crippen LogP contribution in [-0.4, -0.2) is 39.7 Å². The van der Waals surface area contributed by atoms with Crippen LogP contribution in [0.1, 0.15) is 27.9 Å². The molecule has 138 valence electrons. The van der Waals surface area contributed by atoms with Gasteiger partial charge >= 0.3 is 0 Å². The molecule has 2 heterocycles. The van der Waals surface area contributed by atoms with Crippen LogP contribution in [0.5, 0.6) is 0 Å². The molecule has 1 aromatic heterocycles. The van der Waals surface area contributed by atoms with Gasteiger partial charge in [0.05, 0.1) is 11.3 Å². The van der Waals surface area contributed by atoms with Crippen LogP contribution in [0.2, 0.25) is 0 Å². The second-order valence-corrected chi connectivity index (χ2v) is 7.27. The Bertz CT molecular complexity index is 977. The number of likely N-dealkylation sites (tertiary alicyclic amines) is 1. The molecule has 0 unspecified atom stereocenters. The van der Waals surface area contributed by atoms with E-state index in [9.17, 15) is 4.79 Å². The summed E-state index contributed by atoms with van der Waals surface area (Å²) in [5.74, 6) is -0.00152. The molecule has 2 aromatic carbocycles. The van der Waals surface area contributed by atoms with Gasteiger partial charge in [0, 0.05) is 30.9 Å². The molecule has 1 saturated heterocycles. The van der Waals surface area contributed by atoms with E-state index in [1.807, 2.05) is 47.5 Å². The second kappa shape index (κ2) is 7.00. The van der Waals surface area contributed by atoms with Gasteiger partial charge in [-0.15, -0.1) is 0 Å². The molecular formula is C22H24N4O. The lowest BCUT2D eigenvalue weighted by Crippen LogP contribution is -2.32. The van der Waals surface area contributed by atoms with Gasteiger partial charge in [-0.25, -0.2) is 4.68 Å². The number of hydrogen-bond donors (Lipinski definition) is 1. The summed E-state index contributed by atoms with van der Waals surface area (Å²) in [6.07, 6.45) is 2.68. The first-order chi connectivity index (χ1) is 13.0. The van der Waals surface area contributed by atoms with Crippen LogP contribution >= 0.6 is 0 Å². The minimum absolute atomic E-state index is 0.00152. The highest BCUT2D eigenvalue weighted by Crippen LogP contribution is 2.27. The topological polar surface area (TPSA) is 64.2 Å². The SMILES string of the molecule is Cc1ccc(-c2nn(-c3ccccc3)cc2C(=O)N2CC[C@@H](N)C2)cc1C. The molecule has 1 aliphatic heterocycles. The molecule has 4 rings (SSSR count). The van der Waals surface area contributed by atoms with Crippen molar-refractivity contribution in [1.82, 2.24) is 14.7 Å². The fourth-order valence-corrected chi connectivity index (χ4v) is 3.49. The molecule has 1 amide bonds. The van der Waals surface area contributed by atoms with Gasteiger partial charge in [0.15, 0.2) is 0 Å². The average Bonchev–Trinajstić information content (AvgIpc) is 3.31. The zero-order chi connectivity index (χ0) is 19.0. The predicted octanol–water partition coefficient (Wildman–Crippen LogP) is 3.33. The third-order valence-electron chi connectivity index (χ3n) is 5.26. The van der Waals surface area contributed by atoms with E-state index in [-0.39, 0.29) is 11.9 Å². The molecule has 0 bridgehead atoms. The normalized spacial score (nSPS) is 16.7. The third kappa shape index (κ3) is 3.38. The minimum atomic E-state index is -0.00152. The highest BCUT2D eigenvalue weighted by Gasteiger charge is 2.28. The molecule has 2 N–H and O–H groups in total. The number of hydrogen-bond acceptors (Lipinski definition) is 3. The van der Waals surface area contributed by atoms with Crippen molar-refractivity contribution in [1.29, 1.82) is 0 Å². The lowest BCUT2D eigenvalue weighted by molar-refractivity contribution is 0.0791. The van der Waals surface area contributed by atoms with E-state index < -0.39 is 0 Å². The summed E-state index contributed by atoms with van der Waals surface area (Å²) >= 11 is 0. The summed E-state index contributed by atoms with van der Waals surface area (Å²) in [5.41, 5.74) is 11.6. The molecule has 1 atom stereocenters. The van der Waals surface area contributed by atoms with Crippen LogP contribution in [0.3, 0.4) is 0 Å². The number of amides is 1. The Morgan fingerprint density at radius 3 is 2.56 bits per heavy atom. The Hall–Kier alpha value is -2.92. The van der Waals surface area contributed by atoms with Gasteiger partial charge in [-0.1, -0.05) is 30.3 Å². The Morgan fingerprint density at radius 1 is 1.11 bits per heavy atom. The standard InChI is InChI=1S/C22H24N4O/c1-15-8-9-17(12-16(15)2)21-20(22(27)25-11-10-18(23)13-25)14-26(24-21)19-6-4-3-5-7-19/h3-9,12,14,18H,10-11,13,23H2,1-2H3/t18-/m1/s1. The Morgan fingerprint density at radius 2 is 1.89 bits per heavy atom. The Balaban J connectivity index is 1.81. The molecule has 1 fully saturated rings. The summed E-state index contributed by atoms with van der Waals surface area (Å²) < 4.78 is 1.79. The first kappa shape index (κ1) is 17.5. The zero-order valence-electron chi connectivity index (χ0n) is 15.7. The first-order valence-corrected chi connectivity index (χ1v) is 9.30. The van der Waals surface area contributed by atoms with E-state index in [0.717, 1.165) is 17.7 Å². The minimum Gasteiger partial charge on any atom is -0.337 e. The number of carbonyl (C=O) groups excluding carboxylic acids is 1. The van der Waals surface area contributed by atoms with Crippen molar-refractivity contribution in [2.45, 2.75) is 26.3 Å². The highest BCUT2D eigenvalue weighted by molar-refractivity contribution is 6.00. The van der Waals surface area contributed by atoms with E-state index in [1.165, 1.54) is 11.1 Å². The molecule has 0 radical (unpaired) electrons. The molecule has 5 nitrogen and oxygen atoms in total. The van der Waals surface area contributed by atoms with Crippen molar-refractivity contribution in [2.75, 3.05) is 13.1 Å². The van der Waals surface area contributed by atoms with Gasteiger partial charge in [0.2, 0.25) is 0 Å². The van der Waals surface area contributed by atoms with E-state index in [1.54, 1.807) is 4.68 Å². The van der Waals surface area contributed by atoms with E-state index >= 15 is 0 Å². The Kier molecular flexibility index (Phi) is 4.54. The predicted molar refractivity (Wildman–Crippen MR) is 107 cm³/mol. The average molecular weight is 360 g/mol. The quantitative estimate of drug-likeness (QED) is 0.779. The number of nitrogens with zero attached hydrogens (tertiary/aromatic N) is 3. The molecule has 27 heavy (non-hydrogen) atoms. The first-order valence-electron chi connectivity index (χ1n) is 9.30. The van der Waals surface area contributed by atoms with Gasteiger partial charge in [-0.2, -0.15) is 5.10 Å². The number of aromatic nitrogens is 2. The number of aryl methyl sites for hydroxylation is 2. The van der Waals surface area contributed by atoms with Crippen molar-refractivity contribution in [2.24, 2.45) is 5.73 Å². The van der Waals surface area contributed by atoms with Crippen LogP contribution in [0.15, 0.2) is 54.7 Å². The zero-order valence-corrected chi connectivity index (χ0v) is 15.7. The van der Waals surface area contributed by atoms with E-state index in [2.05, 4.69) is 26.0 Å². The maximum Gasteiger partial charge on any atom is 0.257 e. The summed E-state index contributed by atoms with van der Waals surface area (Å²) in [6.45, 7) is 5.46. The molecule has 1 aliphatic rings. The molecular weight excluding hydrogens is 336 g/mol. The van der Waals surface area contributed by atoms with E-state index in [0.29, 0.717) is 24.3 Å². The van der Waals surface area contributed by atoms with Crippen molar-refractivity contribution < 1.29 is 4.79 Å². The number of benzene rings is 2. The molecule has 0 aliphatic carbocycles. The number of para-hydroxylation sites is 1. The van der Waals surface area contributed by atoms with Crippen LogP contribution in [-0.2, 0) is 0 Å². The van der Waals surface area contributed by atoms with E-state index in [4.69, 9.17) is 10.8 Å². The van der Waals surface area contributed by atoms with Crippen LogP contribution in [0.4, 0.5) is 0 Å². The summed E-state index contributed by atoms with van der Waals surface area (Å²) in [5, 5.41) is 4.77. The van der Waals surface area contributed by atoms with Crippen molar-refractivity contribution in [3.8, 4) is 16.9 Å². The van der Waals surface area contributed by atoms with Crippen LogP contribution in [0.25, 0.3) is 16.9 Å². The van der Waals surface area contributed by atoms with Crippen LogP contribution in [0, 0.1) is 13.8 Å². The fourth-order valence-electron chi connectivity index (χ4n) is 3.49. The number of rotatable bonds is 3. The third-order valence-corrected chi connectivity index (χ3v) is 5.26. The largest absolute Gasteiger partial charge is 0.337 e. The second-order valence-electron chi connectivity index (χ2n) is 7.27. The van der Waals surface area contributed by atoms with Gasteiger partial charge in [-0.3, -0.25) is 4.79 Å². The van der Waals surface area contributed by atoms with Gasteiger partial charge in [0.25, 0.3) is 5.91 Å². The lowest BCUT2D eigenvalue weighted by Gasteiger charge is -2.15. The number of nitrogens with two attached hydrogens (primary N) is 1. The van der Waals surface area contributed by atoms with Crippen molar-refractivity contribution in [3.63, 3.8) is 0 Å². The molecule has 0 spiro atoms. The van der Waals surface area contributed by atoms with Gasteiger partial charge < -0.3 is 10.6 Å². The molecule has 5 heteroatoms. The fraction of sp³-hybridized carbons (Fsp3) is 0.273. The Labute approximate surface area is 159 Å². The monoisotopic (exact) mass is 360 g/mol. The van der Waals surface area contributed by atoms with Crippen molar-refractivity contribution >= 4 is 5.91 Å². The summed E-state index contributed by atoms with van der Waals surface area (Å²) in [7, 11) is 0. The van der Waals surface area contributed by atoms with Crippen LogP contribution < -0.4 is 5.73 Å². The number of carbonyl (C=O) groups is 1. The maximum atomic E-state index is 13.2.